The van der Waals surface area contributed by atoms with Crippen molar-refractivity contribution in [2.75, 3.05) is 4.90 Å². The van der Waals surface area contributed by atoms with Gasteiger partial charge >= 0.3 is 0 Å². The topological polar surface area (TPSA) is 3.24 Å². The zero-order valence-electron chi connectivity index (χ0n) is 39.9. The van der Waals surface area contributed by atoms with Crippen LogP contribution in [0.25, 0.3) is 44.5 Å². The Labute approximate surface area is 373 Å². The van der Waals surface area contributed by atoms with Crippen LogP contribution in [0.4, 0.5) is 17.1 Å². The fourth-order valence-electron chi connectivity index (χ4n) is 9.13. The minimum absolute atomic E-state index is 0.0303. The highest BCUT2D eigenvalue weighted by molar-refractivity contribution is 5.87. The largest absolute Gasteiger partial charge is 0.310 e. The van der Waals surface area contributed by atoms with Gasteiger partial charge in [-0.1, -0.05) is 206 Å². The highest BCUT2D eigenvalue weighted by Gasteiger charge is 2.36. The van der Waals surface area contributed by atoms with Crippen molar-refractivity contribution in [2.45, 2.75) is 124 Å². The minimum atomic E-state index is -0.113. The van der Waals surface area contributed by atoms with Crippen molar-refractivity contribution in [2.24, 2.45) is 0 Å². The average Bonchev–Trinajstić information content (AvgIpc) is 3.45. The maximum absolute atomic E-state index is 2.45. The second-order valence-corrected chi connectivity index (χ2v) is 22.5. The molecule has 0 heterocycles. The van der Waals surface area contributed by atoms with Crippen molar-refractivity contribution in [1.29, 1.82) is 0 Å². The first-order valence-corrected chi connectivity index (χ1v) is 22.7. The van der Waals surface area contributed by atoms with Crippen molar-refractivity contribution >= 4 is 17.1 Å². The number of nitrogens with zero attached hydrogens (tertiary/aromatic N) is 1. The van der Waals surface area contributed by atoms with Crippen LogP contribution in [0.2, 0.25) is 0 Å². The van der Waals surface area contributed by atoms with E-state index in [2.05, 4.69) is 253 Å². The summed E-state index contributed by atoms with van der Waals surface area (Å²) in [5.74, 6) is 0. The quantitative estimate of drug-likeness (QED) is 0.162. The molecule has 0 radical (unpaired) electrons. The SMILES string of the molecule is CC(C)(C)c1cccc(-c2ccc(N(c3cccc(-c4cc(-c5cc(C(C)(C)C)cc(C(C)(C)C)c5)cc(C(C)(C)C)c4)c3)c3ccc4c(c3)C(C)(C)c3ccccc3-4)cc2)c1. The van der Waals surface area contributed by atoms with Gasteiger partial charge < -0.3 is 4.90 Å². The summed E-state index contributed by atoms with van der Waals surface area (Å²) >= 11 is 0. The van der Waals surface area contributed by atoms with E-state index in [0.717, 1.165) is 17.1 Å². The number of fused-ring (bicyclic) bond motifs is 3. The van der Waals surface area contributed by atoms with Gasteiger partial charge in [0.2, 0.25) is 0 Å². The predicted octanol–water partition coefficient (Wildman–Crippen LogP) is 17.7. The van der Waals surface area contributed by atoms with E-state index in [1.54, 1.807) is 0 Å². The summed E-state index contributed by atoms with van der Waals surface area (Å²) in [5, 5.41) is 0. The molecule has 0 aliphatic heterocycles. The van der Waals surface area contributed by atoms with Crippen molar-refractivity contribution in [3.63, 3.8) is 0 Å². The van der Waals surface area contributed by atoms with E-state index in [4.69, 9.17) is 0 Å². The summed E-state index contributed by atoms with van der Waals surface area (Å²) < 4.78 is 0. The lowest BCUT2D eigenvalue weighted by molar-refractivity contribution is 0.569. The molecule has 0 aromatic heterocycles. The fraction of sp³-hybridized carbons (Fsp3) is 0.311. The zero-order valence-corrected chi connectivity index (χ0v) is 39.9. The molecule has 7 aromatic rings. The third kappa shape index (κ3) is 8.32. The Hall–Kier alpha value is -5.66. The molecular formula is C61H67N. The summed E-state index contributed by atoms with van der Waals surface area (Å²) in [6.07, 6.45) is 0. The second kappa shape index (κ2) is 15.3. The molecule has 8 rings (SSSR count). The Kier molecular flexibility index (Phi) is 10.6. The van der Waals surface area contributed by atoms with E-state index >= 15 is 0 Å². The van der Waals surface area contributed by atoms with Gasteiger partial charge in [0.05, 0.1) is 0 Å². The van der Waals surface area contributed by atoms with Crippen LogP contribution in [-0.4, -0.2) is 0 Å². The van der Waals surface area contributed by atoms with Crippen LogP contribution >= 0.6 is 0 Å². The van der Waals surface area contributed by atoms with Crippen molar-refractivity contribution in [3.05, 3.63) is 185 Å². The first-order chi connectivity index (χ1) is 29.0. The fourth-order valence-corrected chi connectivity index (χ4v) is 9.13. The predicted molar refractivity (Wildman–Crippen MR) is 270 cm³/mol. The summed E-state index contributed by atoms with van der Waals surface area (Å²) in [4.78, 5) is 2.45. The van der Waals surface area contributed by atoms with Crippen LogP contribution < -0.4 is 4.90 Å². The lowest BCUT2D eigenvalue weighted by Gasteiger charge is -2.29. The van der Waals surface area contributed by atoms with Crippen LogP contribution in [0.15, 0.2) is 152 Å². The van der Waals surface area contributed by atoms with Crippen molar-refractivity contribution in [1.82, 2.24) is 0 Å². The number of benzene rings is 7. The van der Waals surface area contributed by atoms with Gasteiger partial charge in [-0.05, 0) is 142 Å². The lowest BCUT2D eigenvalue weighted by atomic mass is 9.78. The van der Waals surface area contributed by atoms with Gasteiger partial charge in [-0.25, -0.2) is 0 Å². The molecule has 7 aromatic carbocycles. The van der Waals surface area contributed by atoms with Crippen LogP contribution in [-0.2, 0) is 27.1 Å². The number of hydrogen-bond donors (Lipinski definition) is 0. The molecule has 0 spiro atoms. The number of anilines is 3. The summed E-state index contributed by atoms with van der Waals surface area (Å²) in [7, 11) is 0. The first-order valence-electron chi connectivity index (χ1n) is 22.7. The molecule has 316 valence electrons. The van der Waals surface area contributed by atoms with E-state index in [9.17, 15) is 0 Å². The maximum atomic E-state index is 2.45. The van der Waals surface area contributed by atoms with Gasteiger partial charge in [0.15, 0.2) is 0 Å². The first kappa shape index (κ1) is 43.0. The van der Waals surface area contributed by atoms with E-state index in [-0.39, 0.29) is 27.1 Å². The Morgan fingerprint density at radius 1 is 0.306 bits per heavy atom. The normalized spacial score (nSPS) is 13.8. The van der Waals surface area contributed by atoms with Crippen LogP contribution in [0.5, 0.6) is 0 Å². The van der Waals surface area contributed by atoms with Gasteiger partial charge in [-0.2, -0.15) is 0 Å². The van der Waals surface area contributed by atoms with Gasteiger partial charge in [0, 0.05) is 22.5 Å². The van der Waals surface area contributed by atoms with E-state index in [0.29, 0.717) is 0 Å². The molecule has 1 nitrogen and oxygen atoms in total. The smallest absolute Gasteiger partial charge is 0.0467 e. The molecular weight excluding hydrogens is 747 g/mol. The van der Waals surface area contributed by atoms with Crippen molar-refractivity contribution < 1.29 is 0 Å². The molecule has 62 heavy (non-hydrogen) atoms. The molecule has 0 saturated heterocycles. The zero-order chi connectivity index (χ0) is 44.6. The van der Waals surface area contributed by atoms with Crippen molar-refractivity contribution in [3.8, 4) is 44.5 Å². The lowest BCUT2D eigenvalue weighted by Crippen LogP contribution is -2.16. The molecule has 0 unspecified atom stereocenters. The molecule has 0 fully saturated rings. The van der Waals surface area contributed by atoms with Gasteiger partial charge in [-0.3, -0.25) is 0 Å². The number of rotatable bonds is 6. The van der Waals surface area contributed by atoms with E-state index in [1.807, 2.05) is 0 Å². The van der Waals surface area contributed by atoms with Crippen LogP contribution in [0.3, 0.4) is 0 Å². The molecule has 0 N–H and O–H groups in total. The van der Waals surface area contributed by atoms with E-state index in [1.165, 1.54) is 77.9 Å². The Morgan fingerprint density at radius 3 is 1.35 bits per heavy atom. The standard InChI is InChI=1S/C61H67N/c1-57(2,3)46-21-17-19-41(32-46)40-25-27-50(28-26-40)62(52-29-30-54-53-23-15-16-24-55(53)61(13,14)56(54)39-52)51-22-18-20-42(37-51)43-31-44(34-47(33-43)58(4,5)6)45-35-48(59(7,8)9)38-49(36-45)60(10,11)12/h15-39H,1-14H3. The highest BCUT2D eigenvalue weighted by Crippen LogP contribution is 2.51. The summed E-state index contributed by atoms with van der Waals surface area (Å²) in [6.45, 7) is 32.5. The Balaban J connectivity index is 1.28. The Bertz CT molecular complexity index is 2750. The summed E-state index contributed by atoms with van der Waals surface area (Å²) in [6, 6.07) is 57.9. The van der Waals surface area contributed by atoms with Gasteiger partial charge in [0.1, 0.15) is 0 Å². The average molecular weight is 814 g/mol. The molecule has 1 aliphatic rings. The second-order valence-electron chi connectivity index (χ2n) is 22.5. The van der Waals surface area contributed by atoms with Gasteiger partial charge in [-0.15, -0.1) is 0 Å². The number of hydrogen-bond acceptors (Lipinski definition) is 1. The minimum Gasteiger partial charge on any atom is -0.310 e. The van der Waals surface area contributed by atoms with Gasteiger partial charge in [0.25, 0.3) is 0 Å². The summed E-state index contributed by atoms with van der Waals surface area (Å²) in [5.41, 5.74) is 21.7. The third-order valence-electron chi connectivity index (χ3n) is 13.2. The maximum Gasteiger partial charge on any atom is 0.0467 e. The van der Waals surface area contributed by atoms with Crippen LogP contribution in [0.1, 0.15) is 130 Å². The molecule has 0 atom stereocenters. The third-order valence-corrected chi connectivity index (χ3v) is 13.2. The molecule has 1 aliphatic carbocycles. The molecule has 0 saturated carbocycles. The molecule has 0 amide bonds. The molecule has 1 heteroatoms. The van der Waals surface area contributed by atoms with Crippen LogP contribution in [0, 0.1) is 0 Å². The molecule has 0 bridgehead atoms. The van der Waals surface area contributed by atoms with E-state index < -0.39 is 0 Å². The highest BCUT2D eigenvalue weighted by atomic mass is 15.1. The monoisotopic (exact) mass is 814 g/mol. The Morgan fingerprint density at radius 2 is 0.758 bits per heavy atom.